The molecule has 3 rings (SSSR count). The van der Waals surface area contributed by atoms with Crippen LogP contribution in [0.4, 0.5) is 0 Å². The molecule has 0 unspecified atom stereocenters. The van der Waals surface area contributed by atoms with E-state index in [-0.39, 0.29) is 17.7 Å². The molecule has 2 amide bonds. The summed E-state index contributed by atoms with van der Waals surface area (Å²) in [6.45, 7) is 4.48. The van der Waals surface area contributed by atoms with E-state index in [2.05, 4.69) is 5.32 Å². The molecule has 0 saturated heterocycles. The second-order valence-corrected chi connectivity index (χ2v) is 8.67. The van der Waals surface area contributed by atoms with Crippen LogP contribution in [0.15, 0.2) is 78.9 Å². The summed E-state index contributed by atoms with van der Waals surface area (Å²) in [4.78, 5) is 28.6. The van der Waals surface area contributed by atoms with E-state index in [1.54, 1.807) is 19.1 Å². The summed E-state index contributed by atoms with van der Waals surface area (Å²) in [5, 5.41) is 3.05. The van der Waals surface area contributed by atoms with E-state index in [4.69, 9.17) is 9.47 Å². The van der Waals surface area contributed by atoms with Gasteiger partial charge in [-0.05, 0) is 47.4 Å². The van der Waals surface area contributed by atoms with Gasteiger partial charge in [0.2, 0.25) is 11.8 Å². The van der Waals surface area contributed by atoms with Gasteiger partial charge in [-0.25, -0.2) is 0 Å². The van der Waals surface area contributed by atoms with Gasteiger partial charge in [0.1, 0.15) is 17.5 Å². The van der Waals surface area contributed by atoms with E-state index in [9.17, 15) is 9.59 Å². The molecule has 35 heavy (non-hydrogen) atoms. The molecule has 3 aromatic carbocycles. The SMILES string of the molecule is COc1ccc(CCNC(=O)[C@H](c2ccccc2)N(Cc2ccc(OC)cc2)C(=O)C(C)C)cc1. The van der Waals surface area contributed by atoms with E-state index >= 15 is 0 Å². The van der Waals surface area contributed by atoms with Crippen LogP contribution in [0.25, 0.3) is 0 Å². The Kier molecular flexibility index (Phi) is 9.30. The number of ether oxygens (including phenoxy) is 2. The number of methoxy groups -OCH3 is 2. The third-order valence-electron chi connectivity index (χ3n) is 5.84. The minimum absolute atomic E-state index is 0.0834. The van der Waals surface area contributed by atoms with Crippen molar-refractivity contribution in [1.82, 2.24) is 10.2 Å². The second kappa shape index (κ2) is 12.6. The van der Waals surface area contributed by atoms with Gasteiger partial charge in [-0.1, -0.05) is 68.4 Å². The minimum atomic E-state index is -0.746. The zero-order chi connectivity index (χ0) is 25.2. The first-order valence-electron chi connectivity index (χ1n) is 11.8. The molecule has 184 valence electrons. The maximum Gasteiger partial charge on any atom is 0.247 e. The van der Waals surface area contributed by atoms with Crippen LogP contribution >= 0.6 is 0 Å². The van der Waals surface area contributed by atoms with Crippen molar-refractivity contribution in [3.63, 3.8) is 0 Å². The lowest BCUT2D eigenvalue weighted by Crippen LogP contribution is -2.45. The molecule has 0 fully saturated rings. The normalized spacial score (nSPS) is 11.6. The highest BCUT2D eigenvalue weighted by Gasteiger charge is 2.32. The molecule has 0 bridgehead atoms. The molecule has 0 saturated carbocycles. The van der Waals surface area contributed by atoms with Gasteiger partial charge in [0.25, 0.3) is 0 Å². The van der Waals surface area contributed by atoms with Crippen LogP contribution in [0.3, 0.4) is 0 Å². The maximum atomic E-state index is 13.5. The van der Waals surface area contributed by atoms with E-state index in [0.29, 0.717) is 19.5 Å². The Labute approximate surface area is 207 Å². The highest BCUT2D eigenvalue weighted by molar-refractivity contribution is 5.89. The van der Waals surface area contributed by atoms with Gasteiger partial charge in [-0.3, -0.25) is 9.59 Å². The summed E-state index contributed by atoms with van der Waals surface area (Å²) in [5.74, 6) is 0.994. The number of carbonyl (C=O) groups is 2. The van der Waals surface area contributed by atoms with Crippen LogP contribution in [-0.4, -0.2) is 37.5 Å². The highest BCUT2D eigenvalue weighted by Crippen LogP contribution is 2.26. The molecule has 0 aliphatic heterocycles. The van der Waals surface area contributed by atoms with E-state index in [1.807, 2.05) is 92.7 Å². The molecule has 0 aliphatic rings. The molecule has 1 N–H and O–H groups in total. The van der Waals surface area contributed by atoms with Crippen molar-refractivity contribution >= 4 is 11.8 Å². The highest BCUT2D eigenvalue weighted by atomic mass is 16.5. The van der Waals surface area contributed by atoms with Gasteiger partial charge in [-0.15, -0.1) is 0 Å². The number of hydrogen-bond donors (Lipinski definition) is 1. The monoisotopic (exact) mass is 474 g/mol. The summed E-state index contributed by atoms with van der Waals surface area (Å²) >= 11 is 0. The average molecular weight is 475 g/mol. The Morgan fingerprint density at radius 2 is 1.34 bits per heavy atom. The summed E-state index contributed by atoms with van der Waals surface area (Å²) in [6, 6.07) is 24.1. The summed E-state index contributed by atoms with van der Waals surface area (Å²) in [7, 11) is 3.25. The van der Waals surface area contributed by atoms with Gasteiger partial charge < -0.3 is 19.7 Å². The third kappa shape index (κ3) is 7.09. The van der Waals surface area contributed by atoms with Crippen LogP contribution in [0, 0.1) is 5.92 Å². The summed E-state index contributed by atoms with van der Waals surface area (Å²) < 4.78 is 10.5. The fourth-order valence-corrected chi connectivity index (χ4v) is 3.88. The molecule has 0 aliphatic carbocycles. The topological polar surface area (TPSA) is 67.9 Å². The van der Waals surface area contributed by atoms with Crippen LogP contribution in [0.5, 0.6) is 11.5 Å². The maximum absolute atomic E-state index is 13.5. The first-order chi connectivity index (χ1) is 16.9. The standard InChI is InChI=1S/C29H34N2O4/c1-21(2)29(33)31(20-23-12-16-26(35-4)17-13-23)27(24-8-6-5-7-9-24)28(32)30-19-18-22-10-14-25(34-3)15-11-22/h5-17,21,27H,18-20H2,1-4H3,(H,30,32)/t27-/m0/s1. The van der Waals surface area contributed by atoms with Gasteiger partial charge in [0, 0.05) is 19.0 Å². The number of nitrogens with zero attached hydrogens (tertiary/aromatic N) is 1. The van der Waals surface area contributed by atoms with Crippen molar-refractivity contribution in [2.75, 3.05) is 20.8 Å². The van der Waals surface area contributed by atoms with Gasteiger partial charge in [0.05, 0.1) is 14.2 Å². The molecule has 0 spiro atoms. The van der Waals surface area contributed by atoms with E-state index in [0.717, 1.165) is 28.2 Å². The van der Waals surface area contributed by atoms with Crippen molar-refractivity contribution in [1.29, 1.82) is 0 Å². The molecule has 3 aromatic rings. The quantitative estimate of drug-likeness (QED) is 0.434. The number of hydrogen-bond acceptors (Lipinski definition) is 4. The van der Waals surface area contributed by atoms with Crippen molar-refractivity contribution in [2.24, 2.45) is 5.92 Å². The van der Waals surface area contributed by atoms with Crippen molar-refractivity contribution in [3.05, 3.63) is 95.6 Å². The summed E-state index contributed by atoms with van der Waals surface area (Å²) in [6.07, 6.45) is 0.674. The van der Waals surface area contributed by atoms with Gasteiger partial charge in [0.15, 0.2) is 0 Å². The van der Waals surface area contributed by atoms with Gasteiger partial charge in [-0.2, -0.15) is 0 Å². The van der Waals surface area contributed by atoms with Crippen LogP contribution in [-0.2, 0) is 22.6 Å². The molecule has 1 atom stereocenters. The lowest BCUT2D eigenvalue weighted by atomic mass is 10.0. The van der Waals surface area contributed by atoms with Gasteiger partial charge >= 0.3 is 0 Å². The first kappa shape index (κ1) is 25.8. The van der Waals surface area contributed by atoms with Crippen LogP contribution in [0.1, 0.15) is 36.6 Å². The Morgan fingerprint density at radius 1 is 0.800 bits per heavy atom. The number of rotatable bonds is 11. The Bertz CT molecular complexity index is 1080. The van der Waals surface area contributed by atoms with Crippen molar-refractivity contribution in [2.45, 2.75) is 32.9 Å². The molecular formula is C29H34N2O4. The molecule has 0 aromatic heterocycles. The molecule has 0 radical (unpaired) electrons. The zero-order valence-corrected chi connectivity index (χ0v) is 20.9. The van der Waals surface area contributed by atoms with E-state index < -0.39 is 6.04 Å². The Hall–Kier alpha value is -3.80. The number of nitrogens with one attached hydrogen (secondary N) is 1. The van der Waals surface area contributed by atoms with Crippen molar-refractivity contribution < 1.29 is 19.1 Å². The lowest BCUT2D eigenvalue weighted by molar-refractivity contribution is -0.144. The van der Waals surface area contributed by atoms with E-state index in [1.165, 1.54) is 0 Å². The fraction of sp³-hybridized carbons (Fsp3) is 0.310. The van der Waals surface area contributed by atoms with Crippen LogP contribution in [0.2, 0.25) is 0 Å². The average Bonchev–Trinajstić information content (AvgIpc) is 2.89. The largest absolute Gasteiger partial charge is 0.497 e. The Balaban J connectivity index is 1.83. The third-order valence-corrected chi connectivity index (χ3v) is 5.84. The van der Waals surface area contributed by atoms with Crippen molar-refractivity contribution in [3.8, 4) is 11.5 Å². The molecule has 6 nitrogen and oxygen atoms in total. The lowest BCUT2D eigenvalue weighted by Gasteiger charge is -2.33. The number of benzene rings is 3. The second-order valence-electron chi connectivity index (χ2n) is 8.67. The minimum Gasteiger partial charge on any atom is -0.497 e. The zero-order valence-electron chi connectivity index (χ0n) is 20.9. The summed E-state index contributed by atoms with van der Waals surface area (Å²) in [5.41, 5.74) is 2.79. The molecule has 0 heterocycles. The smallest absolute Gasteiger partial charge is 0.247 e. The van der Waals surface area contributed by atoms with Crippen LogP contribution < -0.4 is 14.8 Å². The number of carbonyl (C=O) groups excluding carboxylic acids is 2. The molecule has 6 heteroatoms. The predicted octanol–water partition coefficient (Wildman–Crippen LogP) is 4.79. The first-order valence-corrected chi connectivity index (χ1v) is 11.8. The fourth-order valence-electron chi connectivity index (χ4n) is 3.88. The molecular weight excluding hydrogens is 440 g/mol. The predicted molar refractivity (Wildman–Crippen MR) is 137 cm³/mol. The Morgan fingerprint density at radius 3 is 1.86 bits per heavy atom. The number of amides is 2.